The number of piperidine rings is 1. The first kappa shape index (κ1) is 19.6. The van der Waals surface area contributed by atoms with Gasteiger partial charge in [-0.1, -0.05) is 0 Å². The fourth-order valence-corrected chi connectivity index (χ4v) is 4.37. The summed E-state index contributed by atoms with van der Waals surface area (Å²) in [6.45, 7) is 0.926. The lowest BCUT2D eigenvalue weighted by Crippen LogP contribution is -2.45. The van der Waals surface area contributed by atoms with Crippen molar-refractivity contribution in [3.8, 4) is 5.69 Å². The highest BCUT2D eigenvalue weighted by Gasteiger charge is 2.47. The summed E-state index contributed by atoms with van der Waals surface area (Å²) < 4.78 is 43.9. The molecule has 5 rings (SSSR count). The van der Waals surface area contributed by atoms with Crippen LogP contribution in [0.5, 0.6) is 0 Å². The number of carboxylic acids is 1. The Bertz CT molecular complexity index is 1310. The van der Waals surface area contributed by atoms with Gasteiger partial charge in [-0.15, -0.1) is 0 Å². The van der Waals surface area contributed by atoms with Crippen molar-refractivity contribution in [2.75, 3.05) is 18.0 Å². The molecule has 1 aromatic carbocycles. The van der Waals surface area contributed by atoms with Crippen molar-refractivity contribution in [3.05, 3.63) is 63.7 Å². The van der Waals surface area contributed by atoms with E-state index in [9.17, 15) is 27.9 Å². The highest BCUT2D eigenvalue weighted by atomic mass is 19.1. The van der Waals surface area contributed by atoms with Gasteiger partial charge in [-0.2, -0.15) is 0 Å². The molecule has 1 saturated carbocycles. The molecule has 0 radical (unpaired) electrons. The lowest BCUT2D eigenvalue weighted by atomic mass is 10.1. The number of carboxylic acid groups (broad SMARTS) is 1. The number of aromatic nitrogens is 2. The second-order valence-electron chi connectivity index (χ2n) is 8.04. The van der Waals surface area contributed by atoms with Crippen molar-refractivity contribution < 1.29 is 23.1 Å². The summed E-state index contributed by atoms with van der Waals surface area (Å²) in [7, 11) is 0. The van der Waals surface area contributed by atoms with E-state index < -0.39 is 34.4 Å². The Labute approximate surface area is 173 Å². The van der Waals surface area contributed by atoms with E-state index in [1.54, 1.807) is 4.90 Å². The van der Waals surface area contributed by atoms with Gasteiger partial charge in [0.25, 0.3) is 0 Å². The molecule has 7 nitrogen and oxygen atoms in total. The minimum Gasteiger partial charge on any atom is -0.477 e. The van der Waals surface area contributed by atoms with Gasteiger partial charge in [0, 0.05) is 31.4 Å². The van der Waals surface area contributed by atoms with Crippen molar-refractivity contribution in [2.24, 2.45) is 17.6 Å². The molecule has 1 aliphatic heterocycles. The predicted octanol–water partition coefficient (Wildman–Crippen LogP) is 2.28. The van der Waals surface area contributed by atoms with E-state index in [1.807, 2.05) is 0 Å². The molecule has 3 atom stereocenters. The zero-order chi connectivity index (χ0) is 22.0. The number of carbonyl (C=O) groups is 1. The molecule has 31 heavy (non-hydrogen) atoms. The molecule has 160 valence electrons. The van der Waals surface area contributed by atoms with Crippen LogP contribution in [0.1, 0.15) is 16.8 Å². The van der Waals surface area contributed by atoms with Gasteiger partial charge in [-0.25, -0.2) is 22.9 Å². The summed E-state index contributed by atoms with van der Waals surface area (Å²) in [6, 6.07) is 3.48. The molecule has 3 unspecified atom stereocenters. The van der Waals surface area contributed by atoms with E-state index in [0.717, 1.165) is 35.4 Å². The second-order valence-corrected chi connectivity index (χ2v) is 8.04. The van der Waals surface area contributed by atoms with Crippen LogP contribution in [-0.2, 0) is 0 Å². The molecule has 3 aromatic rings. The van der Waals surface area contributed by atoms with Crippen LogP contribution in [0.4, 0.5) is 19.0 Å². The van der Waals surface area contributed by atoms with Gasteiger partial charge >= 0.3 is 5.97 Å². The largest absolute Gasteiger partial charge is 0.477 e. The summed E-state index contributed by atoms with van der Waals surface area (Å²) in [5.41, 5.74) is 4.15. The van der Waals surface area contributed by atoms with Crippen molar-refractivity contribution >= 4 is 22.8 Å². The molecule has 0 bridgehead atoms. The number of rotatable bonds is 3. The van der Waals surface area contributed by atoms with Gasteiger partial charge < -0.3 is 15.7 Å². The predicted molar refractivity (Wildman–Crippen MR) is 106 cm³/mol. The van der Waals surface area contributed by atoms with E-state index in [0.29, 0.717) is 31.0 Å². The smallest absolute Gasteiger partial charge is 0.341 e. The zero-order valence-electron chi connectivity index (χ0n) is 16.1. The first-order valence-corrected chi connectivity index (χ1v) is 9.69. The summed E-state index contributed by atoms with van der Waals surface area (Å²) >= 11 is 0. The number of nitrogens with zero attached hydrogens (tertiary/aromatic N) is 3. The van der Waals surface area contributed by atoms with Crippen molar-refractivity contribution in [1.29, 1.82) is 0 Å². The molecule has 3 heterocycles. The van der Waals surface area contributed by atoms with Crippen LogP contribution >= 0.6 is 0 Å². The second kappa shape index (κ2) is 6.81. The van der Waals surface area contributed by atoms with Gasteiger partial charge in [0.05, 0.1) is 11.1 Å². The summed E-state index contributed by atoms with van der Waals surface area (Å²) in [5.74, 6) is -3.48. The first-order valence-electron chi connectivity index (χ1n) is 9.69. The van der Waals surface area contributed by atoms with Crippen LogP contribution in [0.3, 0.4) is 0 Å². The molecular formula is C21H17F3N4O3. The van der Waals surface area contributed by atoms with Crippen LogP contribution in [0.2, 0.25) is 0 Å². The van der Waals surface area contributed by atoms with Crippen LogP contribution in [0.25, 0.3) is 16.7 Å². The average molecular weight is 430 g/mol. The van der Waals surface area contributed by atoms with E-state index in [2.05, 4.69) is 4.98 Å². The molecule has 2 aliphatic rings. The Morgan fingerprint density at radius 2 is 1.94 bits per heavy atom. The number of fused-ring (bicyclic) bond motifs is 2. The van der Waals surface area contributed by atoms with Crippen LogP contribution in [0, 0.1) is 29.3 Å². The number of hydrogen-bond acceptors (Lipinski definition) is 5. The lowest BCUT2D eigenvalue weighted by Gasteiger charge is -2.31. The maximum atomic E-state index is 15.0. The maximum absolute atomic E-state index is 15.0. The van der Waals surface area contributed by atoms with Crippen LogP contribution in [-0.4, -0.2) is 39.8 Å². The number of hydrogen-bond donors (Lipinski definition) is 2. The minimum absolute atomic E-state index is 0.0490. The summed E-state index contributed by atoms with van der Waals surface area (Å²) in [6.07, 6.45) is 1.87. The molecule has 1 aliphatic carbocycles. The molecule has 1 saturated heterocycles. The van der Waals surface area contributed by atoms with Crippen molar-refractivity contribution in [2.45, 2.75) is 12.5 Å². The maximum Gasteiger partial charge on any atom is 0.341 e. The fourth-order valence-electron chi connectivity index (χ4n) is 4.37. The lowest BCUT2D eigenvalue weighted by molar-refractivity contribution is 0.0695. The van der Waals surface area contributed by atoms with E-state index >= 15 is 0 Å². The molecule has 0 spiro atoms. The molecule has 2 aromatic heterocycles. The Kier molecular flexibility index (Phi) is 4.30. The Hall–Kier alpha value is -3.40. The molecular weight excluding hydrogens is 413 g/mol. The summed E-state index contributed by atoms with van der Waals surface area (Å²) in [5, 5.41) is 9.07. The minimum atomic E-state index is -1.56. The highest BCUT2D eigenvalue weighted by molar-refractivity contribution is 5.92. The average Bonchev–Trinajstić information content (AvgIpc) is 3.49. The summed E-state index contributed by atoms with van der Waals surface area (Å²) in [4.78, 5) is 30.2. The highest BCUT2D eigenvalue weighted by Crippen LogP contribution is 2.45. The number of halogens is 3. The third-order valence-corrected chi connectivity index (χ3v) is 6.03. The van der Waals surface area contributed by atoms with E-state index in [-0.39, 0.29) is 28.6 Å². The van der Waals surface area contributed by atoms with Gasteiger partial charge in [0.2, 0.25) is 5.43 Å². The third kappa shape index (κ3) is 3.14. The number of benzene rings is 1. The SMILES string of the molecule is NC1CN(c2nc3c(cc2F)c(=O)c(C(=O)O)cn3-c2ccc(F)cc2F)CC2CC12. The monoisotopic (exact) mass is 430 g/mol. The quantitative estimate of drug-likeness (QED) is 0.661. The molecule has 2 fully saturated rings. The standard InChI is InChI=1S/C21H17F3N4O3/c22-10-1-2-17(14(23)4-10)28-7-13(21(30)31)18(29)12-5-15(24)20(26-19(12)28)27-6-9-3-11(9)16(25)8-27/h1-2,4-5,7,9,11,16H,3,6,8,25H2,(H,30,31). The van der Waals surface area contributed by atoms with Crippen molar-refractivity contribution in [1.82, 2.24) is 9.55 Å². The van der Waals surface area contributed by atoms with Gasteiger partial charge in [0.15, 0.2) is 17.3 Å². The Balaban J connectivity index is 1.77. The Morgan fingerprint density at radius 1 is 1.16 bits per heavy atom. The first-order chi connectivity index (χ1) is 14.7. The molecule has 0 amide bonds. The third-order valence-electron chi connectivity index (χ3n) is 6.03. The molecule has 10 heteroatoms. The van der Waals surface area contributed by atoms with Gasteiger partial charge in [0.1, 0.15) is 17.2 Å². The zero-order valence-corrected chi connectivity index (χ0v) is 16.1. The number of nitrogens with two attached hydrogens (primary N) is 1. The number of aromatic carboxylic acids is 1. The van der Waals surface area contributed by atoms with E-state index in [4.69, 9.17) is 5.73 Å². The normalized spacial score (nSPS) is 22.5. The van der Waals surface area contributed by atoms with Gasteiger partial charge in [-0.05, 0) is 36.5 Å². The Morgan fingerprint density at radius 3 is 2.61 bits per heavy atom. The van der Waals surface area contributed by atoms with E-state index in [1.165, 1.54) is 0 Å². The number of anilines is 1. The topological polar surface area (TPSA) is 101 Å². The van der Waals surface area contributed by atoms with Gasteiger partial charge in [-0.3, -0.25) is 9.36 Å². The number of pyridine rings is 2. The van der Waals surface area contributed by atoms with Crippen LogP contribution in [0.15, 0.2) is 35.3 Å². The van der Waals surface area contributed by atoms with Crippen LogP contribution < -0.4 is 16.1 Å². The fraction of sp³-hybridized carbons (Fsp3) is 0.286. The van der Waals surface area contributed by atoms with Crippen molar-refractivity contribution in [3.63, 3.8) is 0 Å². The molecule has 3 N–H and O–H groups in total.